The molecule has 1 aromatic rings. The molecule has 2 fully saturated rings. The van der Waals surface area contributed by atoms with E-state index in [0.29, 0.717) is 11.8 Å². The van der Waals surface area contributed by atoms with Crippen LogP contribution < -0.4 is 0 Å². The van der Waals surface area contributed by atoms with Crippen molar-refractivity contribution in [2.75, 3.05) is 45.9 Å². The van der Waals surface area contributed by atoms with E-state index >= 15 is 0 Å². The smallest absolute Gasteiger partial charge is 0.115 e. The van der Waals surface area contributed by atoms with E-state index in [2.05, 4.69) is 21.9 Å². The molecule has 0 saturated carbocycles. The van der Waals surface area contributed by atoms with Gasteiger partial charge in [-0.2, -0.15) is 0 Å². The van der Waals surface area contributed by atoms with Gasteiger partial charge in [0.15, 0.2) is 0 Å². The molecule has 2 saturated heterocycles. The molecule has 1 atom stereocenters. The van der Waals surface area contributed by atoms with Gasteiger partial charge in [0.25, 0.3) is 0 Å². The van der Waals surface area contributed by atoms with Crippen LogP contribution in [-0.4, -0.2) is 60.8 Å². The van der Waals surface area contributed by atoms with Crippen LogP contribution in [0, 0.1) is 0 Å². The zero-order chi connectivity index (χ0) is 13.8. The molecule has 4 nitrogen and oxygen atoms in total. The largest absolute Gasteiger partial charge is 0.508 e. The van der Waals surface area contributed by atoms with Gasteiger partial charge in [0.1, 0.15) is 5.75 Å². The summed E-state index contributed by atoms with van der Waals surface area (Å²) < 4.78 is 5.39. The predicted octanol–water partition coefficient (Wildman–Crippen LogP) is 1.86. The Kier molecular flexibility index (Phi) is 4.55. The molecule has 0 amide bonds. The van der Waals surface area contributed by atoms with Crippen molar-refractivity contribution < 1.29 is 9.84 Å². The van der Waals surface area contributed by atoms with E-state index in [9.17, 15) is 5.11 Å². The Labute approximate surface area is 120 Å². The highest BCUT2D eigenvalue weighted by molar-refractivity contribution is 5.28. The van der Waals surface area contributed by atoms with Crippen LogP contribution in [0.1, 0.15) is 24.4 Å². The first-order chi connectivity index (χ1) is 9.83. The van der Waals surface area contributed by atoms with Gasteiger partial charge < -0.3 is 9.84 Å². The number of benzene rings is 1. The zero-order valence-corrected chi connectivity index (χ0v) is 12.0. The Morgan fingerprint density at radius 2 is 1.80 bits per heavy atom. The second-order valence-corrected chi connectivity index (χ2v) is 5.74. The molecular weight excluding hydrogens is 252 g/mol. The summed E-state index contributed by atoms with van der Waals surface area (Å²) in [7, 11) is 0. The van der Waals surface area contributed by atoms with E-state index in [1.807, 2.05) is 0 Å². The first kappa shape index (κ1) is 13.9. The lowest BCUT2D eigenvalue weighted by molar-refractivity contribution is 0.0327. The third-order valence-corrected chi connectivity index (χ3v) is 4.45. The van der Waals surface area contributed by atoms with Gasteiger partial charge in [-0.25, -0.2) is 0 Å². The van der Waals surface area contributed by atoms with Gasteiger partial charge in [-0.05, 0) is 37.1 Å². The van der Waals surface area contributed by atoms with Gasteiger partial charge >= 0.3 is 0 Å². The van der Waals surface area contributed by atoms with Crippen LogP contribution in [0.15, 0.2) is 24.3 Å². The number of hydrogen-bond donors (Lipinski definition) is 1. The Balaban J connectivity index is 1.56. The maximum Gasteiger partial charge on any atom is 0.115 e. The lowest BCUT2D eigenvalue weighted by Gasteiger charge is -2.31. The van der Waals surface area contributed by atoms with Gasteiger partial charge in [-0.1, -0.05) is 12.1 Å². The minimum Gasteiger partial charge on any atom is -0.508 e. The van der Waals surface area contributed by atoms with Crippen molar-refractivity contribution in [1.29, 1.82) is 0 Å². The van der Waals surface area contributed by atoms with Crippen molar-refractivity contribution in [2.45, 2.75) is 18.9 Å². The first-order valence-corrected chi connectivity index (χ1v) is 7.66. The van der Waals surface area contributed by atoms with Crippen LogP contribution in [0.4, 0.5) is 0 Å². The molecule has 0 aromatic heterocycles. The fraction of sp³-hybridized carbons (Fsp3) is 0.625. The standard InChI is InChI=1S/C16H24N2O2/c19-15-5-3-14(4-6-15)16-2-1-7-18(16)9-8-17-10-12-20-13-11-17/h3-6,16,19H,1-2,7-13H2. The Morgan fingerprint density at radius 3 is 2.55 bits per heavy atom. The van der Waals surface area contributed by atoms with E-state index in [0.717, 1.165) is 39.4 Å². The molecule has 0 aliphatic carbocycles. The molecule has 2 heterocycles. The summed E-state index contributed by atoms with van der Waals surface area (Å²) in [5.41, 5.74) is 1.34. The van der Waals surface area contributed by atoms with Crippen LogP contribution in [-0.2, 0) is 4.74 Å². The van der Waals surface area contributed by atoms with Crippen molar-refractivity contribution in [3.05, 3.63) is 29.8 Å². The summed E-state index contributed by atoms with van der Waals surface area (Å²) in [5.74, 6) is 0.353. The van der Waals surface area contributed by atoms with E-state index in [-0.39, 0.29) is 0 Å². The Morgan fingerprint density at radius 1 is 1.05 bits per heavy atom. The number of likely N-dealkylation sites (tertiary alicyclic amines) is 1. The van der Waals surface area contributed by atoms with Crippen LogP contribution in [0.25, 0.3) is 0 Å². The molecule has 0 spiro atoms. The van der Waals surface area contributed by atoms with E-state index in [1.54, 1.807) is 12.1 Å². The molecule has 0 bridgehead atoms. The van der Waals surface area contributed by atoms with Gasteiger partial charge in [0.05, 0.1) is 13.2 Å². The van der Waals surface area contributed by atoms with Crippen molar-refractivity contribution in [2.24, 2.45) is 0 Å². The fourth-order valence-electron chi connectivity index (χ4n) is 3.26. The monoisotopic (exact) mass is 276 g/mol. The molecule has 20 heavy (non-hydrogen) atoms. The summed E-state index contributed by atoms with van der Waals surface area (Å²) >= 11 is 0. The van der Waals surface area contributed by atoms with Crippen LogP contribution in [0.3, 0.4) is 0 Å². The topological polar surface area (TPSA) is 35.9 Å². The van der Waals surface area contributed by atoms with Crippen molar-refractivity contribution in [3.8, 4) is 5.75 Å². The van der Waals surface area contributed by atoms with E-state index in [4.69, 9.17) is 4.74 Å². The number of phenols is 1. The molecule has 1 aromatic carbocycles. The minimum atomic E-state index is 0.353. The maximum absolute atomic E-state index is 9.41. The summed E-state index contributed by atoms with van der Waals surface area (Å²) in [6.45, 7) is 7.34. The molecule has 110 valence electrons. The highest BCUT2D eigenvalue weighted by atomic mass is 16.5. The lowest BCUT2D eigenvalue weighted by Crippen LogP contribution is -2.41. The molecule has 1 unspecified atom stereocenters. The Bertz CT molecular complexity index is 415. The molecule has 0 radical (unpaired) electrons. The lowest BCUT2D eigenvalue weighted by atomic mass is 10.0. The second kappa shape index (κ2) is 6.57. The summed E-state index contributed by atoms with van der Waals surface area (Å²) in [6, 6.07) is 8.25. The van der Waals surface area contributed by atoms with Gasteiger partial charge in [0.2, 0.25) is 0 Å². The van der Waals surface area contributed by atoms with E-state index in [1.165, 1.54) is 24.9 Å². The summed E-state index contributed by atoms with van der Waals surface area (Å²) in [4.78, 5) is 5.08. The van der Waals surface area contributed by atoms with E-state index < -0.39 is 0 Å². The highest BCUT2D eigenvalue weighted by Crippen LogP contribution is 2.32. The average Bonchev–Trinajstić information content (AvgIpc) is 2.95. The maximum atomic E-state index is 9.41. The Hall–Kier alpha value is -1.10. The molecule has 3 rings (SSSR count). The van der Waals surface area contributed by atoms with Crippen molar-refractivity contribution >= 4 is 0 Å². The molecule has 2 aliphatic heterocycles. The third kappa shape index (κ3) is 3.32. The number of nitrogens with zero attached hydrogens (tertiary/aromatic N) is 2. The second-order valence-electron chi connectivity index (χ2n) is 5.74. The predicted molar refractivity (Wildman–Crippen MR) is 78.9 cm³/mol. The molecular formula is C16H24N2O2. The number of hydrogen-bond acceptors (Lipinski definition) is 4. The SMILES string of the molecule is Oc1ccc(C2CCCN2CCN2CCOCC2)cc1. The molecule has 2 aliphatic rings. The molecule has 4 heteroatoms. The van der Waals surface area contributed by atoms with Crippen molar-refractivity contribution in [3.63, 3.8) is 0 Å². The summed E-state index contributed by atoms with van der Waals surface area (Å²) in [6.07, 6.45) is 2.50. The third-order valence-electron chi connectivity index (χ3n) is 4.45. The van der Waals surface area contributed by atoms with Crippen molar-refractivity contribution in [1.82, 2.24) is 9.80 Å². The number of phenolic OH excluding ortho intramolecular Hbond substituents is 1. The van der Waals surface area contributed by atoms with Crippen LogP contribution >= 0.6 is 0 Å². The minimum absolute atomic E-state index is 0.353. The summed E-state index contributed by atoms with van der Waals surface area (Å²) in [5, 5.41) is 9.41. The normalized spacial score (nSPS) is 25.1. The fourth-order valence-corrected chi connectivity index (χ4v) is 3.26. The van der Waals surface area contributed by atoms with Crippen LogP contribution in [0.2, 0.25) is 0 Å². The molecule has 1 N–H and O–H groups in total. The zero-order valence-electron chi connectivity index (χ0n) is 12.0. The number of morpholine rings is 1. The number of ether oxygens (including phenoxy) is 1. The quantitative estimate of drug-likeness (QED) is 0.910. The average molecular weight is 276 g/mol. The van der Waals surface area contributed by atoms with Gasteiger partial charge in [0, 0.05) is 32.2 Å². The first-order valence-electron chi connectivity index (χ1n) is 7.66. The van der Waals surface area contributed by atoms with Gasteiger partial charge in [-0.3, -0.25) is 9.80 Å². The van der Waals surface area contributed by atoms with Crippen LogP contribution in [0.5, 0.6) is 5.75 Å². The number of aromatic hydroxyl groups is 1. The highest BCUT2D eigenvalue weighted by Gasteiger charge is 2.26. The van der Waals surface area contributed by atoms with Gasteiger partial charge in [-0.15, -0.1) is 0 Å². The number of rotatable bonds is 4.